The van der Waals surface area contributed by atoms with Crippen LogP contribution in [0, 0.1) is 3.57 Å². The second kappa shape index (κ2) is 5.60. The zero-order valence-electron chi connectivity index (χ0n) is 9.62. The third-order valence-corrected chi connectivity index (χ3v) is 3.45. The van der Waals surface area contributed by atoms with Gasteiger partial charge in [-0.25, -0.2) is 4.98 Å². The first-order valence-electron chi connectivity index (χ1n) is 5.60. The number of nitrogens with zero attached hydrogens (tertiary/aromatic N) is 3. The van der Waals surface area contributed by atoms with Gasteiger partial charge in [-0.2, -0.15) is 13.2 Å². The summed E-state index contributed by atoms with van der Waals surface area (Å²) < 4.78 is 37.8. The molecular weight excluding hydrogens is 358 g/mol. The normalized spacial score (nSPS) is 18.1. The molecule has 2 heterocycles. The predicted octanol–water partition coefficient (Wildman–Crippen LogP) is 2.37. The monoisotopic (exact) mass is 371 g/mol. The van der Waals surface area contributed by atoms with E-state index in [1.807, 2.05) is 17.0 Å². The topological polar surface area (TPSA) is 19.4 Å². The molecule has 0 bridgehead atoms. The van der Waals surface area contributed by atoms with Gasteiger partial charge >= 0.3 is 6.18 Å². The Morgan fingerprint density at radius 1 is 1.17 bits per heavy atom. The number of halogens is 4. The number of rotatable bonds is 2. The Labute approximate surface area is 117 Å². The van der Waals surface area contributed by atoms with Gasteiger partial charge in [0.15, 0.2) is 0 Å². The molecule has 18 heavy (non-hydrogen) atoms. The van der Waals surface area contributed by atoms with E-state index in [0.29, 0.717) is 26.2 Å². The smallest absolute Gasteiger partial charge is 0.354 e. The summed E-state index contributed by atoms with van der Waals surface area (Å²) in [4.78, 5) is 7.73. The van der Waals surface area contributed by atoms with Crippen molar-refractivity contribution in [2.24, 2.45) is 0 Å². The van der Waals surface area contributed by atoms with Gasteiger partial charge in [0.05, 0.1) is 6.54 Å². The SMILES string of the molecule is FC(F)(F)CN1CCN(c2ccc(I)cn2)CC1. The van der Waals surface area contributed by atoms with Crippen molar-refractivity contribution in [3.8, 4) is 0 Å². The van der Waals surface area contributed by atoms with Crippen molar-refractivity contribution >= 4 is 28.4 Å². The van der Waals surface area contributed by atoms with Crippen LogP contribution in [0.2, 0.25) is 0 Å². The minimum absolute atomic E-state index is 0.424. The van der Waals surface area contributed by atoms with Gasteiger partial charge in [0.25, 0.3) is 0 Å². The maximum Gasteiger partial charge on any atom is 0.401 e. The fourth-order valence-electron chi connectivity index (χ4n) is 1.94. The van der Waals surface area contributed by atoms with Crippen LogP contribution in [0.4, 0.5) is 19.0 Å². The molecule has 1 aliphatic rings. The first-order valence-corrected chi connectivity index (χ1v) is 6.67. The van der Waals surface area contributed by atoms with Crippen LogP contribution in [-0.2, 0) is 0 Å². The van der Waals surface area contributed by atoms with Crippen LogP contribution in [0.3, 0.4) is 0 Å². The number of anilines is 1. The van der Waals surface area contributed by atoms with Crippen LogP contribution in [0.1, 0.15) is 0 Å². The Balaban J connectivity index is 1.88. The number of alkyl halides is 3. The molecule has 3 nitrogen and oxygen atoms in total. The summed E-state index contributed by atoms with van der Waals surface area (Å²) >= 11 is 2.17. The lowest BCUT2D eigenvalue weighted by Crippen LogP contribution is -2.49. The molecule has 1 aliphatic heterocycles. The molecule has 100 valence electrons. The zero-order chi connectivity index (χ0) is 13.2. The molecule has 1 saturated heterocycles. The molecule has 0 aliphatic carbocycles. The van der Waals surface area contributed by atoms with Crippen molar-refractivity contribution in [2.75, 3.05) is 37.6 Å². The van der Waals surface area contributed by atoms with E-state index in [2.05, 4.69) is 27.6 Å². The molecule has 0 N–H and O–H groups in total. The van der Waals surface area contributed by atoms with Crippen molar-refractivity contribution in [3.63, 3.8) is 0 Å². The fraction of sp³-hybridized carbons (Fsp3) is 0.545. The van der Waals surface area contributed by atoms with Gasteiger partial charge in [0.2, 0.25) is 0 Å². The average molecular weight is 371 g/mol. The Bertz CT molecular complexity index is 386. The third-order valence-electron chi connectivity index (χ3n) is 2.81. The van der Waals surface area contributed by atoms with Crippen LogP contribution in [0.25, 0.3) is 0 Å². The molecule has 0 saturated carbocycles. The summed E-state index contributed by atoms with van der Waals surface area (Å²) in [6.07, 6.45) is -2.35. The minimum Gasteiger partial charge on any atom is -0.354 e. The van der Waals surface area contributed by atoms with E-state index in [1.165, 1.54) is 4.90 Å². The number of pyridine rings is 1. The number of hydrogen-bond donors (Lipinski definition) is 0. The van der Waals surface area contributed by atoms with E-state index in [9.17, 15) is 13.2 Å². The lowest BCUT2D eigenvalue weighted by atomic mass is 10.3. The molecule has 1 fully saturated rings. The third kappa shape index (κ3) is 3.98. The van der Waals surface area contributed by atoms with Crippen molar-refractivity contribution < 1.29 is 13.2 Å². The van der Waals surface area contributed by atoms with Gasteiger partial charge in [-0.1, -0.05) is 0 Å². The van der Waals surface area contributed by atoms with Crippen molar-refractivity contribution in [1.82, 2.24) is 9.88 Å². The summed E-state index contributed by atoms with van der Waals surface area (Å²) in [5, 5.41) is 0. The van der Waals surface area contributed by atoms with Gasteiger partial charge < -0.3 is 4.90 Å². The fourth-order valence-corrected chi connectivity index (χ4v) is 2.26. The first kappa shape index (κ1) is 13.9. The second-order valence-electron chi connectivity index (χ2n) is 4.21. The first-order chi connectivity index (χ1) is 8.44. The maximum atomic E-state index is 12.2. The van der Waals surface area contributed by atoms with Gasteiger partial charge in [-0.05, 0) is 34.7 Å². The highest BCUT2D eigenvalue weighted by Gasteiger charge is 2.32. The van der Waals surface area contributed by atoms with Crippen LogP contribution in [-0.4, -0.2) is 48.8 Å². The quantitative estimate of drug-likeness (QED) is 0.745. The summed E-state index contributed by atoms with van der Waals surface area (Å²) in [5.74, 6) is 0.835. The van der Waals surface area contributed by atoms with Gasteiger partial charge in [0.1, 0.15) is 5.82 Å². The Morgan fingerprint density at radius 2 is 1.83 bits per heavy atom. The summed E-state index contributed by atoms with van der Waals surface area (Å²) in [7, 11) is 0. The molecule has 7 heteroatoms. The molecular formula is C11H13F3IN3. The van der Waals surface area contributed by atoms with Crippen LogP contribution < -0.4 is 4.90 Å². The molecule has 1 aromatic rings. The Kier molecular flexibility index (Phi) is 4.31. The van der Waals surface area contributed by atoms with Gasteiger partial charge in [-0.3, -0.25) is 4.90 Å². The predicted molar refractivity (Wildman–Crippen MR) is 71.7 cm³/mol. The average Bonchev–Trinajstić information content (AvgIpc) is 2.29. The van der Waals surface area contributed by atoms with Crippen molar-refractivity contribution in [3.05, 3.63) is 21.9 Å². The molecule has 0 spiro atoms. The van der Waals surface area contributed by atoms with Crippen LogP contribution in [0.15, 0.2) is 18.3 Å². The van der Waals surface area contributed by atoms with Crippen molar-refractivity contribution in [2.45, 2.75) is 6.18 Å². The molecule has 0 amide bonds. The highest BCUT2D eigenvalue weighted by molar-refractivity contribution is 14.1. The molecule has 2 rings (SSSR count). The standard InChI is InChI=1S/C11H13F3IN3/c12-11(13,14)8-17-3-5-18(6-4-17)10-2-1-9(15)7-16-10/h1-2,7H,3-6,8H2. The molecule has 0 aromatic carbocycles. The van der Waals surface area contributed by atoms with E-state index >= 15 is 0 Å². The molecule has 1 aromatic heterocycles. The Morgan fingerprint density at radius 3 is 2.33 bits per heavy atom. The van der Waals surface area contributed by atoms with Gasteiger partial charge in [-0.15, -0.1) is 0 Å². The van der Waals surface area contributed by atoms with E-state index in [1.54, 1.807) is 6.20 Å². The van der Waals surface area contributed by atoms with Crippen LogP contribution >= 0.6 is 22.6 Å². The van der Waals surface area contributed by atoms with Crippen molar-refractivity contribution in [1.29, 1.82) is 0 Å². The van der Waals surface area contributed by atoms with Gasteiger partial charge in [0, 0.05) is 35.9 Å². The number of piperazine rings is 1. The highest BCUT2D eigenvalue weighted by Crippen LogP contribution is 2.19. The summed E-state index contributed by atoms with van der Waals surface area (Å²) in [6, 6.07) is 3.85. The minimum atomic E-state index is -4.11. The van der Waals surface area contributed by atoms with Crippen LogP contribution in [0.5, 0.6) is 0 Å². The second-order valence-corrected chi connectivity index (χ2v) is 5.46. The zero-order valence-corrected chi connectivity index (χ0v) is 11.8. The lowest BCUT2D eigenvalue weighted by molar-refractivity contribution is -0.146. The lowest BCUT2D eigenvalue weighted by Gasteiger charge is -2.35. The molecule has 0 unspecified atom stereocenters. The number of hydrogen-bond acceptors (Lipinski definition) is 3. The van der Waals surface area contributed by atoms with E-state index in [4.69, 9.17) is 0 Å². The summed E-state index contributed by atoms with van der Waals surface area (Å²) in [6.45, 7) is 1.20. The highest BCUT2D eigenvalue weighted by atomic mass is 127. The maximum absolute atomic E-state index is 12.2. The number of aromatic nitrogens is 1. The molecule has 0 radical (unpaired) electrons. The largest absolute Gasteiger partial charge is 0.401 e. The van der Waals surface area contributed by atoms with E-state index in [-0.39, 0.29) is 0 Å². The summed E-state index contributed by atoms with van der Waals surface area (Å²) in [5.41, 5.74) is 0. The Hall–Kier alpha value is -0.570. The molecule has 0 atom stereocenters. The van der Waals surface area contributed by atoms with E-state index < -0.39 is 12.7 Å². The van der Waals surface area contributed by atoms with E-state index in [0.717, 1.165) is 9.39 Å².